The molecule has 0 bridgehead atoms. The van der Waals surface area contributed by atoms with Gasteiger partial charge in [0.25, 0.3) is 0 Å². The number of para-hydroxylation sites is 1. The fraction of sp³-hybridized carbons (Fsp3) is 0.333. The molecule has 8 heteroatoms. The Hall–Kier alpha value is -2.87. The SMILES string of the molecule is COC(=O)Nc1ccc(OCC2Sc3ccccc3N2CCOC(C)=O)cc1C. The lowest BCUT2D eigenvalue weighted by atomic mass is 10.2. The topological polar surface area (TPSA) is 77.1 Å². The Kier molecular flexibility index (Phi) is 6.87. The number of carbonyl (C=O) groups excluding carboxylic acids is 2. The maximum Gasteiger partial charge on any atom is 0.411 e. The summed E-state index contributed by atoms with van der Waals surface area (Å²) in [6.07, 6.45) is -0.509. The maximum absolute atomic E-state index is 11.4. The van der Waals surface area contributed by atoms with Gasteiger partial charge in [0.05, 0.1) is 19.3 Å². The second-order valence-electron chi connectivity index (χ2n) is 6.48. The lowest BCUT2D eigenvalue weighted by Crippen LogP contribution is -2.36. The van der Waals surface area contributed by atoms with Crippen molar-refractivity contribution in [2.45, 2.75) is 24.1 Å². The summed E-state index contributed by atoms with van der Waals surface area (Å²) >= 11 is 1.73. The first kappa shape index (κ1) is 20.9. The summed E-state index contributed by atoms with van der Waals surface area (Å²) in [7, 11) is 1.33. The van der Waals surface area contributed by atoms with Crippen LogP contribution in [0.1, 0.15) is 12.5 Å². The van der Waals surface area contributed by atoms with Crippen molar-refractivity contribution in [3.8, 4) is 5.75 Å². The molecule has 0 aliphatic carbocycles. The Morgan fingerprint density at radius 2 is 2.00 bits per heavy atom. The van der Waals surface area contributed by atoms with Crippen LogP contribution in [0.25, 0.3) is 0 Å². The normalized spacial score (nSPS) is 14.9. The van der Waals surface area contributed by atoms with E-state index in [1.165, 1.54) is 18.9 Å². The zero-order chi connectivity index (χ0) is 20.8. The van der Waals surface area contributed by atoms with Crippen LogP contribution in [0.2, 0.25) is 0 Å². The number of benzene rings is 2. The van der Waals surface area contributed by atoms with Gasteiger partial charge in [-0.25, -0.2) is 4.79 Å². The molecule has 1 aliphatic rings. The summed E-state index contributed by atoms with van der Waals surface area (Å²) in [6.45, 7) is 4.69. The van der Waals surface area contributed by atoms with Crippen LogP contribution >= 0.6 is 11.8 Å². The Balaban J connectivity index is 1.65. The minimum atomic E-state index is -0.509. The quantitative estimate of drug-likeness (QED) is 0.682. The van der Waals surface area contributed by atoms with Gasteiger partial charge in [-0.1, -0.05) is 23.9 Å². The molecule has 0 spiro atoms. The van der Waals surface area contributed by atoms with Crippen molar-refractivity contribution >= 4 is 35.2 Å². The van der Waals surface area contributed by atoms with Crippen LogP contribution in [0.5, 0.6) is 5.75 Å². The van der Waals surface area contributed by atoms with Crippen molar-refractivity contribution in [2.75, 3.05) is 37.1 Å². The Morgan fingerprint density at radius 1 is 1.21 bits per heavy atom. The molecule has 7 nitrogen and oxygen atoms in total. The number of thioether (sulfide) groups is 1. The third-order valence-electron chi connectivity index (χ3n) is 4.44. The average Bonchev–Trinajstić information content (AvgIpc) is 3.05. The number of amides is 1. The van der Waals surface area contributed by atoms with E-state index in [2.05, 4.69) is 27.1 Å². The Labute approximate surface area is 174 Å². The fourth-order valence-corrected chi connectivity index (χ4v) is 4.27. The van der Waals surface area contributed by atoms with Crippen LogP contribution in [-0.4, -0.2) is 44.3 Å². The van der Waals surface area contributed by atoms with Gasteiger partial charge in [0.15, 0.2) is 0 Å². The number of rotatable bonds is 7. The van der Waals surface area contributed by atoms with Gasteiger partial charge < -0.3 is 19.1 Å². The molecule has 0 aromatic heterocycles. The molecule has 1 amide bonds. The van der Waals surface area contributed by atoms with E-state index in [4.69, 9.17) is 9.47 Å². The van der Waals surface area contributed by atoms with Crippen molar-refractivity contribution in [1.82, 2.24) is 0 Å². The van der Waals surface area contributed by atoms with E-state index in [0.717, 1.165) is 17.0 Å². The molecule has 0 fully saturated rings. The van der Waals surface area contributed by atoms with Crippen LogP contribution in [0.15, 0.2) is 47.4 Å². The number of aryl methyl sites for hydroxylation is 1. The minimum absolute atomic E-state index is 0.0659. The van der Waals surface area contributed by atoms with Gasteiger partial charge in [-0.15, -0.1) is 0 Å². The number of hydrogen-bond acceptors (Lipinski definition) is 7. The number of nitrogens with one attached hydrogen (secondary N) is 1. The first-order valence-corrected chi connectivity index (χ1v) is 10.1. The van der Waals surface area contributed by atoms with Gasteiger partial charge in [0.2, 0.25) is 0 Å². The molecule has 1 atom stereocenters. The van der Waals surface area contributed by atoms with Gasteiger partial charge in [-0.05, 0) is 42.8 Å². The number of fused-ring (bicyclic) bond motifs is 1. The highest BCUT2D eigenvalue weighted by Crippen LogP contribution is 2.43. The molecule has 1 unspecified atom stereocenters. The van der Waals surface area contributed by atoms with E-state index in [-0.39, 0.29) is 11.3 Å². The number of anilines is 2. The van der Waals surface area contributed by atoms with E-state index in [9.17, 15) is 9.59 Å². The second kappa shape index (κ2) is 9.56. The average molecular weight is 416 g/mol. The number of nitrogens with zero attached hydrogens (tertiary/aromatic N) is 1. The van der Waals surface area contributed by atoms with Crippen molar-refractivity contribution in [1.29, 1.82) is 0 Å². The number of esters is 1. The molecule has 154 valence electrons. The first-order chi connectivity index (χ1) is 14.0. The molecule has 1 heterocycles. The zero-order valence-corrected chi connectivity index (χ0v) is 17.5. The molecular weight excluding hydrogens is 392 g/mol. The summed E-state index contributed by atoms with van der Waals surface area (Å²) in [4.78, 5) is 25.9. The van der Waals surface area contributed by atoms with Gasteiger partial charge in [0, 0.05) is 17.5 Å². The smallest absolute Gasteiger partial charge is 0.411 e. The molecule has 1 aliphatic heterocycles. The van der Waals surface area contributed by atoms with Gasteiger partial charge in [0.1, 0.15) is 24.3 Å². The third-order valence-corrected chi connectivity index (χ3v) is 5.70. The summed E-state index contributed by atoms with van der Waals surface area (Å²) in [5.74, 6) is 0.434. The molecule has 3 rings (SSSR count). The van der Waals surface area contributed by atoms with Gasteiger partial charge in [-0.3, -0.25) is 10.1 Å². The van der Waals surface area contributed by atoms with Crippen molar-refractivity contribution in [3.63, 3.8) is 0 Å². The fourth-order valence-electron chi connectivity index (χ4n) is 3.03. The predicted molar refractivity (Wildman–Crippen MR) is 113 cm³/mol. The van der Waals surface area contributed by atoms with Crippen molar-refractivity contribution in [3.05, 3.63) is 48.0 Å². The van der Waals surface area contributed by atoms with Gasteiger partial charge >= 0.3 is 12.1 Å². The van der Waals surface area contributed by atoms with E-state index in [0.29, 0.717) is 25.4 Å². The van der Waals surface area contributed by atoms with Crippen molar-refractivity contribution in [2.24, 2.45) is 0 Å². The number of ether oxygens (including phenoxy) is 3. The summed E-state index contributed by atoms with van der Waals surface area (Å²) in [5.41, 5.74) is 2.67. The van der Waals surface area contributed by atoms with E-state index in [1.54, 1.807) is 17.8 Å². The first-order valence-electron chi connectivity index (χ1n) is 9.22. The molecule has 0 saturated carbocycles. The number of methoxy groups -OCH3 is 1. The van der Waals surface area contributed by atoms with Crippen LogP contribution in [0.4, 0.5) is 16.2 Å². The second-order valence-corrected chi connectivity index (χ2v) is 7.70. The van der Waals surface area contributed by atoms with Crippen LogP contribution in [-0.2, 0) is 14.3 Å². The summed E-state index contributed by atoms with van der Waals surface area (Å²) < 4.78 is 15.8. The largest absolute Gasteiger partial charge is 0.491 e. The minimum Gasteiger partial charge on any atom is -0.491 e. The summed E-state index contributed by atoms with van der Waals surface area (Å²) in [5, 5.41) is 2.73. The zero-order valence-electron chi connectivity index (χ0n) is 16.6. The molecule has 1 N–H and O–H groups in total. The van der Waals surface area contributed by atoms with E-state index in [1.807, 2.05) is 31.2 Å². The van der Waals surface area contributed by atoms with Crippen molar-refractivity contribution < 1.29 is 23.8 Å². The number of hydrogen-bond donors (Lipinski definition) is 1. The lowest BCUT2D eigenvalue weighted by Gasteiger charge is -2.26. The van der Waals surface area contributed by atoms with E-state index >= 15 is 0 Å². The maximum atomic E-state index is 11.4. The van der Waals surface area contributed by atoms with E-state index < -0.39 is 6.09 Å². The lowest BCUT2D eigenvalue weighted by molar-refractivity contribution is -0.140. The summed E-state index contributed by atoms with van der Waals surface area (Å²) in [6, 6.07) is 13.6. The highest BCUT2D eigenvalue weighted by Gasteiger charge is 2.30. The molecular formula is C21H24N2O5S. The predicted octanol–water partition coefficient (Wildman–Crippen LogP) is 4.05. The molecule has 29 heavy (non-hydrogen) atoms. The standard InChI is InChI=1S/C21H24N2O5S/c1-14-12-16(8-9-17(14)22-21(25)26-3)28-13-20-23(10-11-27-15(2)24)18-6-4-5-7-19(18)29-20/h4-9,12,20H,10-11,13H2,1-3H3,(H,22,25). The third kappa shape index (κ3) is 5.35. The van der Waals surface area contributed by atoms with Gasteiger partial charge in [-0.2, -0.15) is 0 Å². The monoisotopic (exact) mass is 416 g/mol. The van der Waals surface area contributed by atoms with Crippen LogP contribution in [0.3, 0.4) is 0 Å². The molecule has 2 aromatic carbocycles. The molecule has 0 saturated heterocycles. The highest BCUT2D eigenvalue weighted by molar-refractivity contribution is 8.00. The van der Waals surface area contributed by atoms with Crippen LogP contribution < -0.4 is 15.0 Å². The highest BCUT2D eigenvalue weighted by atomic mass is 32.2. The molecule has 0 radical (unpaired) electrons. The number of carbonyl (C=O) groups is 2. The van der Waals surface area contributed by atoms with Crippen LogP contribution in [0, 0.1) is 6.92 Å². The Morgan fingerprint density at radius 3 is 2.72 bits per heavy atom. The Bertz CT molecular complexity index is 889. The molecule has 2 aromatic rings.